The number of hydrogen-bond donors (Lipinski definition) is 2. The largest absolute Gasteiger partial charge is 0.366 e. The van der Waals surface area contributed by atoms with Crippen molar-refractivity contribution in [1.29, 1.82) is 0 Å². The lowest BCUT2D eigenvalue weighted by molar-refractivity contribution is 0.1000. The maximum absolute atomic E-state index is 11.3. The van der Waals surface area contributed by atoms with Crippen LogP contribution >= 0.6 is 0 Å². The molecule has 1 aliphatic heterocycles. The molecular formula is C17H27N3O. The summed E-state index contributed by atoms with van der Waals surface area (Å²) in [5.41, 5.74) is 7.12. The Kier molecular flexibility index (Phi) is 5.76. The van der Waals surface area contributed by atoms with Gasteiger partial charge in [0.1, 0.15) is 0 Å². The van der Waals surface area contributed by atoms with Gasteiger partial charge in [-0.15, -0.1) is 0 Å². The van der Waals surface area contributed by atoms with Gasteiger partial charge in [0.15, 0.2) is 0 Å². The topological polar surface area (TPSA) is 58.4 Å². The minimum Gasteiger partial charge on any atom is -0.366 e. The Morgan fingerprint density at radius 1 is 1.38 bits per heavy atom. The third-order valence-corrected chi connectivity index (χ3v) is 4.28. The number of benzene rings is 1. The van der Waals surface area contributed by atoms with Gasteiger partial charge < -0.3 is 11.1 Å². The second-order valence-corrected chi connectivity index (χ2v) is 6.28. The fraction of sp³-hybridized carbons (Fsp3) is 0.588. The highest BCUT2D eigenvalue weighted by molar-refractivity contribution is 5.92. The zero-order valence-corrected chi connectivity index (χ0v) is 13.1. The van der Waals surface area contributed by atoms with Crippen molar-refractivity contribution in [3.8, 4) is 0 Å². The minimum atomic E-state index is -0.355. The zero-order chi connectivity index (χ0) is 15.2. The smallest absolute Gasteiger partial charge is 0.248 e. The van der Waals surface area contributed by atoms with Gasteiger partial charge in [0.25, 0.3) is 0 Å². The average molecular weight is 289 g/mol. The quantitative estimate of drug-likeness (QED) is 0.842. The molecule has 1 saturated heterocycles. The van der Waals surface area contributed by atoms with E-state index >= 15 is 0 Å². The van der Waals surface area contributed by atoms with E-state index in [0.29, 0.717) is 11.6 Å². The van der Waals surface area contributed by atoms with Gasteiger partial charge in [-0.2, -0.15) is 0 Å². The van der Waals surface area contributed by atoms with Crippen molar-refractivity contribution in [1.82, 2.24) is 10.2 Å². The number of nitrogens with one attached hydrogen (secondary N) is 1. The maximum atomic E-state index is 11.3. The van der Waals surface area contributed by atoms with Gasteiger partial charge in [-0.1, -0.05) is 12.1 Å². The Morgan fingerprint density at radius 3 is 2.71 bits per heavy atom. The third-order valence-electron chi connectivity index (χ3n) is 4.28. The van der Waals surface area contributed by atoms with E-state index in [-0.39, 0.29) is 5.91 Å². The molecule has 21 heavy (non-hydrogen) atoms. The lowest BCUT2D eigenvalue weighted by Gasteiger charge is -2.32. The molecule has 0 bridgehead atoms. The van der Waals surface area contributed by atoms with Crippen molar-refractivity contribution in [3.05, 3.63) is 35.4 Å². The number of hydrogen-bond acceptors (Lipinski definition) is 3. The van der Waals surface area contributed by atoms with E-state index in [4.69, 9.17) is 5.73 Å². The van der Waals surface area contributed by atoms with Crippen LogP contribution in [0.3, 0.4) is 0 Å². The van der Waals surface area contributed by atoms with Crippen LogP contribution in [0.25, 0.3) is 0 Å². The standard InChI is InChI=1S/C17H27N3O/c1-13(2)20(11-14-6-8-19-9-7-14)12-15-4-3-5-16(10-15)17(18)21/h3-5,10,13-14,19H,6-9,11-12H2,1-2H3,(H2,18,21). The number of nitrogens with zero attached hydrogens (tertiary/aromatic N) is 1. The molecule has 2 rings (SSSR count). The van der Waals surface area contributed by atoms with Gasteiger partial charge in [-0.05, 0) is 63.4 Å². The fourth-order valence-electron chi connectivity index (χ4n) is 2.91. The number of carbonyl (C=O) groups is 1. The van der Waals surface area contributed by atoms with Crippen LogP contribution in [-0.2, 0) is 6.54 Å². The molecule has 116 valence electrons. The second-order valence-electron chi connectivity index (χ2n) is 6.28. The van der Waals surface area contributed by atoms with Crippen LogP contribution in [0.5, 0.6) is 0 Å². The predicted molar refractivity (Wildman–Crippen MR) is 86.1 cm³/mol. The summed E-state index contributed by atoms with van der Waals surface area (Å²) in [6.45, 7) is 8.74. The van der Waals surface area contributed by atoms with Crippen molar-refractivity contribution in [2.75, 3.05) is 19.6 Å². The molecule has 0 saturated carbocycles. The molecule has 4 nitrogen and oxygen atoms in total. The molecule has 1 aromatic carbocycles. The molecule has 1 aromatic rings. The van der Waals surface area contributed by atoms with Crippen molar-refractivity contribution >= 4 is 5.91 Å². The Balaban J connectivity index is 2.01. The highest BCUT2D eigenvalue weighted by Gasteiger charge is 2.19. The van der Waals surface area contributed by atoms with E-state index in [1.807, 2.05) is 12.1 Å². The molecule has 0 aliphatic carbocycles. The third kappa shape index (κ3) is 4.83. The maximum Gasteiger partial charge on any atom is 0.248 e. The van der Waals surface area contributed by atoms with Crippen molar-refractivity contribution in [3.63, 3.8) is 0 Å². The van der Waals surface area contributed by atoms with E-state index in [2.05, 4.69) is 30.1 Å². The van der Waals surface area contributed by atoms with Gasteiger partial charge >= 0.3 is 0 Å². The normalized spacial score (nSPS) is 16.6. The van der Waals surface area contributed by atoms with E-state index in [0.717, 1.165) is 37.7 Å². The van der Waals surface area contributed by atoms with Crippen LogP contribution < -0.4 is 11.1 Å². The lowest BCUT2D eigenvalue weighted by Crippen LogP contribution is -2.39. The van der Waals surface area contributed by atoms with Crippen LogP contribution in [0.15, 0.2) is 24.3 Å². The molecule has 1 aliphatic rings. The Bertz CT molecular complexity index is 467. The first-order valence-electron chi connectivity index (χ1n) is 7.89. The fourth-order valence-corrected chi connectivity index (χ4v) is 2.91. The first-order chi connectivity index (χ1) is 10.1. The van der Waals surface area contributed by atoms with Crippen LogP contribution in [0.4, 0.5) is 0 Å². The number of piperidine rings is 1. The number of rotatable bonds is 6. The Hall–Kier alpha value is -1.39. The summed E-state index contributed by atoms with van der Waals surface area (Å²) in [5, 5.41) is 3.42. The van der Waals surface area contributed by atoms with Gasteiger partial charge in [-0.25, -0.2) is 0 Å². The molecule has 0 unspecified atom stereocenters. The summed E-state index contributed by atoms with van der Waals surface area (Å²) in [4.78, 5) is 13.8. The summed E-state index contributed by atoms with van der Waals surface area (Å²) >= 11 is 0. The van der Waals surface area contributed by atoms with Crippen molar-refractivity contribution in [2.24, 2.45) is 11.7 Å². The average Bonchev–Trinajstić information content (AvgIpc) is 2.48. The van der Waals surface area contributed by atoms with Gasteiger partial charge in [0.2, 0.25) is 5.91 Å². The van der Waals surface area contributed by atoms with Gasteiger partial charge in [0.05, 0.1) is 0 Å². The summed E-state index contributed by atoms with van der Waals surface area (Å²) in [7, 11) is 0. The number of nitrogens with two attached hydrogens (primary N) is 1. The molecular weight excluding hydrogens is 262 g/mol. The predicted octanol–water partition coefficient (Wildman–Crippen LogP) is 2.00. The number of primary amides is 1. The lowest BCUT2D eigenvalue weighted by atomic mass is 9.96. The van der Waals surface area contributed by atoms with Crippen molar-refractivity contribution in [2.45, 2.75) is 39.3 Å². The molecule has 4 heteroatoms. The van der Waals surface area contributed by atoms with E-state index in [9.17, 15) is 4.79 Å². The first-order valence-corrected chi connectivity index (χ1v) is 7.89. The molecule has 3 N–H and O–H groups in total. The Labute approximate surface area is 127 Å². The molecule has 0 atom stereocenters. The summed E-state index contributed by atoms with van der Waals surface area (Å²) < 4.78 is 0. The minimum absolute atomic E-state index is 0.355. The zero-order valence-electron chi connectivity index (χ0n) is 13.1. The van der Waals surface area contributed by atoms with Crippen LogP contribution in [0.2, 0.25) is 0 Å². The molecule has 1 amide bonds. The Morgan fingerprint density at radius 2 is 2.10 bits per heavy atom. The van der Waals surface area contributed by atoms with Crippen LogP contribution in [-0.4, -0.2) is 36.5 Å². The van der Waals surface area contributed by atoms with E-state index in [1.165, 1.54) is 12.8 Å². The second kappa shape index (κ2) is 7.57. The van der Waals surface area contributed by atoms with Crippen LogP contribution in [0, 0.1) is 5.92 Å². The number of amides is 1. The summed E-state index contributed by atoms with van der Waals surface area (Å²) in [5.74, 6) is 0.416. The first kappa shape index (κ1) is 16.0. The highest BCUT2D eigenvalue weighted by Crippen LogP contribution is 2.18. The summed E-state index contributed by atoms with van der Waals surface area (Å²) in [6.07, 6.45) is 2.51. The van der Waals surface area contributed by atoms with Gasteiger partial charge in [-0.3, -0.25) is 9.69 Å². The van der Waals surface area contributed by atoms with Crippen molar-refractivity contribution < 1.29 is 4.79 Å². The molecule has 0 aromatic heterocycles. The monoisotopic (exact) mass is 289 g/mol. The highest BCUT2D eigenvalue weighted by atomic mass is 16.1. The SMILES string of the molecule is CC(C)N(Cc1cccc(C(N)=O)c1)CC1CCNCC1. The molecule has 0 spiro atoms. The molecule has 0 radical (unpaired) electrons. The van der Waals surface area contributed by atoms with Gasteiger partial charge in [0, 0.05) is 24.7 Å². The molecule has 1 heterocycles. The van der Waals surface area contributed by atoms with E-state index < -0.39 is 0 Å². The summed E-state index contributed by atoms with van der Waals surface area (Å²) in [6, 6.07) is 8.18. The number of carbonyl (C=O) groups excluding carboxylic acids is 1. The van der Waals surface area contributed by atoms with E-state index in [1.54, 1.807) is 6.07 Å². The van der Waals surface area contributed by atoms with Crippen LogP contribution in [0.1, 0.15) is 42.6 Å². The molecule has 1 fully saturated rings.